The highest BCUT2D eigenvalue weighted by Gasteiger charge is 2.16. The number of nitrogens with two attached hydrogens (primary N) is 2. The molecular weight excluding hydrogens is 360 g/mol. The van der Waals surface area contributed by atoms with Gasteiger partial charge >= 0.3 is 0 Å². The minimum absolute atomic E-state index is 0.0510. The van der Waals surface area contributed by atoms with E-state index in [1.165, 1.54) is 34.0 Å². The number of carbonyl (C=O) groups excluding carboxylic acids is 1. The number of aromatic nitrogens is 3. The number of nitrogens with zero attached hydrogens (tertiary/aromatic N) is 3. The third-order valence-electron chi connectivity index (χ3n) is 4.24. The first-order valence-electron chi connectivity index (χ1n) is 8.83. The Labute approximate surface area is 164 Å². The lowest BCUT2D eigenvalue weighted by Crippen LogP contribution is -2.27. The minimum atomic E-state index is -0.0841. The molecule has 1 aromatic carbocycles. The first-order chi connectivity index (χ1) is 12.6. The third kappa shape index (κ3) is 6.09. The molecule has 146 valence electrons. The van der Waals surface area contributed by atoms with E-state index in [-0.39, 0.29) is 29.0 Å². The number of aryl methyl sites for hydroxylation is 2. The second-order valence-electron chi connectivity index (χ2n) is 7.56. The molecule has 5 N–H and O–H groups in total. The van der Waals surface area contributed by atoms with Crippen LogP contribution in [0, 0.1) is 13.8 Å². The van der Waals surface area contributed by atoms with Gasteiger partial charge in [-0.25, -0.2) is 0 Å². The van der Waals surface area contributed by atoms with E-state index in [1.54, 1.807) is 0 Å². The molecule has 1 heterocycles. The zero-order valence-corrected chi connectivity index (χ0v) is 17.4. The molecule has 7 nitrogen and oxygen atoms in total. The summed E-state index contributed by atoms with van der Waals surface area (Å²) < 4.78 is 0. The van der Waals surface area contributed by atoms with Crippen LogP contribution in [0.25, 0.3) is 0 Å². The molecule has 0 aliphatic carbocycles. The summed E-state index contributed by atoms with van der Waals surface area (Å²) in [5.41, 5.74) is 16.3. The summed E-state index contributed by atoms with van der Waals surface area (Å²) in [6.07, 6.45) is 0.796. The Morgan fingerprint density at radius 3 is 2.15 bits per heavy atom. The molecule has 0 fully saturated rings. The van der Waals surface area contributed by atoms with Crippen LogP contribution in [0.15, 0.2) is 17.3 Å². The molecular formula is C19H28N6OS. The van der Waals surface area contributed by atoms with Gasteiger partial charge in [0.25, 0.3) is 0 Å². The van der Waals surface area contributed by atoms with Crippen LogP contribution in [-0.2, 0) is 16.6 Å². The Balaban J connectivity index is 1.88. The predicted octanol–water partition coefficient (Wildman–Crippen LogP) is 2.40. The Morgan fingerprint density at radius 1 is 1.07 bits per heavy atom. The van der Waals surface area contributed by atoms with E-state index >= 15 is 0 Å². The fourth-order valence-electron chi connectivity index (χ4n) is 2.78. The van der Waals surface area contributed by atoms with Gasteiger partial charge in [0, 0.05) is 6.54 Å². The molecule has 0 unspecified atom stereocenters. The molecule has 1 amide bonds. The summed E-state index contributed by atoms with van der Waals surface area (Å²) in [5, 5.41) is 3.28. The quantitative estimate of drug-likeness (QED) is 0.650. The maximum atomic E-state index is 12.1. The van der Waals surface area contributed by atoms with Crippen molar-refractivity contribution in [1.82, 2.24) is 20.3 Å². The highest BCUT2D eigenvalue weighted by molar-refractivity contribution is 7.99. The van der Waals surface area contributed by atoms with Crippen molar-refractivity contribution in [3.05, 3.63) is 34.4 Å². The number of thioether (sulfide) groups is 1. The summed E-state index contributed by atoms with van der Waals surface area (Å²) in [5.74, 6) is 0.216. The molecule has 2 rings (SSSR count). The van der Waals surface area contributed by atoms with Gasteiger partial charge in [0.2, 0.25) is 17.8 Å². The van der Waals surface area contributed by atoms with Gasteiger partial charge in [0.05, 0.1) is 5.75 Å². The van der Waals surface area contributed by atoms with Crippen LogP contribution >= 0.6 is 11.8 Å². The van der Waals surface area contributed by atoms with Crippen molar-refractivity contribution in [3.63, 3.8) is 0 Å². The van der Waals surface area contributed by atoms with Crippen LogP contribution in [0.3, 0.4) is 0 Å². The van der Waals surface area contributed by atoms with Gasteiger partial charge in [-0.1, -0.05) is 44.7 Å². The van der Waals surface area contributed by atoms with E-state index in [1.807, 2.05) is 0 Å². The molecule has 0 atom stereocenters. The van der Waals surface area contributed by atoms with Crippen LogP contribution < -0.4 is 16.8 Å². The fourth-order valence-corrected chi connectivity index (χ4v) is 3.46. The molecule has 8 heteroatoms. The van der Waals surface area contributed by atoms with Crippen molar-refractivity contribution in [1.29, 1.82) is 0 Å². The van der Waals surface area contributed by atoms with Crippen molar-refractivity contribution >= 4 is 29.6 Å². The lowest BCUT2D eigenvalue weighted by atomic mass is 9.83. The number of carbonyl (C=O) groups is 1. The second kappa shape index (κ2) is 8.56. The average molecular weight is 389 g/mol. The summed E-state index contributed by atoms with van der Waals surface area (Å²) in [6.45, 7) is 11.5. The number of hydrogen-bond donors (Lipinski definition) is 3. The minimum Gasteiger partial charge on any atom is -0.368 e. The Hall–Kier alpha value is -2.35. The first kappa shape index (κ1) is 21.0. The van der Waals surface area contributed by atoms with Crippen molar-refractivity contribution in [2.24, 2.45) is 0 Å². The summed E-state index contributed by atoms with van der Waals surface area (Å²) >= 11 is 1.18. The van der Waals surface area contributed by atoms with E-state index in [2.05, 4.69) is 67.0 Å². The van der Waals surface area contributed by atoms with Crippen LogP contribution in [0.1, 0.15) is 43.0 Å². The summed E-state index contributed by atoms with van der Waals surface area (Å²) in [7, 11) is 0. The highest BCUT2D eigenvalue weighted by atomic mass is 32.2. The van der Waals surface area contributed by atoms with Crippen molar-refractivity contribution < 1.29 is 4.79 Å². The monoisotopic (exact) mass is 388 g/mol. The van der Waals surface area contributed by atoms with Crippen LogP contribution in [-0.4, -0.2) is 33.2 Å². The van der Waals surface area contributed by atoms with E-state index in [9.17, 15) is 4.79 Å². The van der Waals surface area contributed by atoms with Gasteiger partial charge in [-0.3, -0.25) is 4.79 Å². The molecule has 27 heavy (non-hydrogen) atoms. The largest absolute Gasteiger partial charge is 0.368 e. The van der Waals surface area contributed by atoms with Crippen LogP contribution in [0.5, 0.6) is 0 Å². The lowest BCUT2D eigenvalue weighted by molar-refractivity contribution is -0.118. The van der Waals surface area contributed by atoms with E-state index in [0.717, 1.165) is 6.42 Å². The van der Waals surface area contributed by atoms with Crippen molar-refractivity contribution in [2.75, 3.05) is 23.8 Å². The normalized spacial score (nSPS) is 11.4. The average Bonchev–Trinajstić information content (AvgIpc) is 2.53. The van der Waals surface area contributed by atoms with Gasteiger partial charge in [0.15, 0.2) is 5.16 Å². The number of anilines is 2. The standard InChI is InChI=1S/C19H28N6OS/c1-11-8-13(19(3,4)5)9-12(2)14(11)6-7-22-15(26)10-27-18-24-16(20)23-17(21)25-18/h8-9H,6-7,10H2,1-5H3,(H,22,26)(H4,20,21,23,24,25). The Kier molecular flexibility index (Phi) is 6.64. The maximum Gasteiger partial charge on any atom is 0.230 e. The van der Waals surface area contributed by atoms with E-state index in [0.29, 0.717) is 11.7 Å². The molecule has 0 bridgehead atoms. The predicted molar refractivity (Wildman–Crippen MR) is 111 cm³/mol. The van der Waals surface area contributed by atoms with Gasteiger partial charge in [-0.2, -0.15) is 15.0 Å². The topological polar surface area (TPSA) is 120 Å². The lowest BCUT2D eigenvalue weighted by Gasteiger charge is -2.22. The number of nitrogens with one attached hydrogen (secondary N) is 1. The number of benzene rings is 1. The van der Waals surface area contributed by atoms with Gasteiger partial charge < -0.3 is 16.8 Å². The number of hydrogen-bond acceptors (Lipinski definition) is 7. The smallest absolute Gasteiger partial charge is 0.230 e. The third-order valence-corrected chi connectivity index (χ3v) is 5.09. The molecule has 1 aromatic heterocycles. The molecule has 0 radical (unpaired) electrons. The molecule has 0 aliphatic heterocycles. The Morgan fingerprint density at radius 2 is 1.63 bits per heavy atom. The summed E-state index contributed by atoms with van der Waals surface area (Å²) in [6, 6.07) is 4.49. The van der Waals surface area contributed by atoms with Gasteiger partial charge in [0.1, 0.15) is 0 Å². The number of amides is 1. The Bertz CT molecular complexity index is 788. The zero-order chi connectivity index (χ0) is 20.2. The molecule has 0 spiro atoms. The number of rotatable bonds is 6. The van der Waals surface area contributed by atoms with Crippen LogP contribution in [0.2, 0.25) is 0 Å². The summed E-state index contributed by atoms with van der Waals surface area (Å²) in [4.78, 5) is 23.7. The van der Waals surface area contributed by atoms with Crippen molar-refractivity contribution in [2.45, 2.75) is 51.6 Å². The van der Waals surface area contributed by atoms with E-state index < -0.39 is 0 Å². The SMILES string of the molecule is Cc1cc(C(C)(C)C)cc(C)c1CCNC(=O)CSc1nc(N)nc(N)n1. The molecule has 0 saturated carbocycles. The van der Waals surface area contributed by atoms with Crippen molar-refractivity contribution in [3.8, 4) is 0 Å². The van der Waals surface area contributed by atoms with Gasteiger partial charge in [-0.05, 0) is 47.9 Å². The molecule has 2 aromatic rings. The zero-order valence-electron chi connectivity index (χ0n) is 16.6. The second-order valence-corrected chi connectivity index (χ2v) is 8.50. The van der Waals surface area contributed by atoms with Gasteiger partial charge in [-0.15, -0.1) is 0 Å². The van der Waals surface area contributed by atoms with Crippen LogP contribution in [0.4, 0.5) is 11.9 Å². The number of nitrogen functional groups attached to an aromatic ring is 2. The molecule has 0 saturated heterocycles. The fraction of sp³-hybridized carbons (Fsp3) is 0.474. The first-order valence-corrected chi connectivity index (χ1v) is 9.82. The van der Waals surface area contributed by atoms with E-state index in [4.69, 9.17) is 11.5 Å². The highest BCUT2D eigenvalue weighted by Crippen LogP contribution is 2.27. The maximum absolute atomic E-state index is 12.1. The molecule has 0 aliphatic rings.